The minimum atomic E-state index is -2.67. The van der Waals surface area contributed by atoms with E-state index in [1.165, 1.54) is 20.3 Å². The second kappa shape index (κ2) is 6.08. The second-order valence-corrected chi connectivity index (χ2v) is 4.10. The van der Waals surface area contributed by atoms with Crippen molar-refractivity contribution in [3.63, 3.8) is 0 Å². The summed E-state index contributed by atoms with van der Waals surface area (Å²) in [5, 5.41) is 0. The zero-order valence-corrected chi connectivity index (χ0v) is 11.3. The van der Waals surface area contributed by atoms with E-state index in [1.807, 2.05) is 0 Å². The molecule has 0 fully saturated rings. The van der Waals surface area contributed by atoms with E-state index in [1.54, 1.807) is 22.6 Å². The fourth-order valence-corrected chi connectivity index (χ4v) is 2.04. The summed E-state index contributed by atoms with van der Waals surface area (Å²) >= 11 is 1.69. The topological polar surface area (TPSA) is 48.4 Å². The molecule has 0 aliphatic heterocycles. The largest absolute Gasteiger partial charge is 0.496 e. The van der Waals surface area contributed by atoms with Crippen LogP contribution in [0.3, 0.4) is 0 Å². The van der Waals surface area contributed by atoms with Crippen LogP contribution in [-0.2, 0) is 16.0 Å². The number of esters is 1. The maximum Gasteiger partial charge on any atom is 0.311 e. The number of halogens is 3. The van der Waals surface area contributed by atoms with E-state index in [-0.39, 0.29) is 21.4 Å². The van der Waals surface area contributed by atoms with Crippen LogP contribution < -0.4 is 4.74 Å². The average molecular weight is 357 g/mol. The van der Waals surface area contributed by atoms with E-state index in [0.29, 0.717) is 5.69 Å². The van der Waals surface area contributed by atoms with Gasteiger partial charge in [-0.25, -0.2) is 13.8 Å². The molecule has 0 radical (unpaired) electrons. The fraction of sp³-hybridized carbons (Fsp3) is 0.400. The van der Waals surface area contributed by atoms with Crippen molar-refractivity contribution in [2.75, 3.05) is 14.2 Å². The third kappa shape index (κ3) is 3.48. The van der Waals surface area contributed by atoms with Crippen LogP contribution >= 0.6 is 22.6 Å². The Balaban J connectivity index is 3.13. The molecule has 0 aliphatic carbocycles. The van der Waals surface area contributed by atoms with Gasteiger partial charge in [0.2, 0.25) is 0 Å². The lowest BCUT2D eigenvalue weighted by Gasteiger charge is -2.11. The fourth-order valence-electron chi connectivity index (χ4n) is 1.23. The van der Waals surface area contributed by atoms with Crippen molar-refractivity contribution in [3.8, 4) is 5.75 Å². The standard InChI is InChI=1S/C10H10F2INO3/c1-16-6-3-5(4-7(15)17-2)14-10(13)8(6)9(11)12/h3,9H,4H2,1-2H3. The molecule has 0 amide bonds. The van der Waals surface area contributed by atoms with Gasteiger partial charge in [0.05, 0.1) is 31.9 Å². The summed E-state index contributed by atoms with van der Waals surface area (Å²) in [6.45, 7) is 0. The lowest BCUT2D eigenvalue weighted by Crippen LogP contribution is -2.09. The maximum atomic E-state index is 12.7. The summed E-state index contributed by atoms with van der Waals surface area (Å²) in [7, 11) is 2.54. The lowest BCUT2D eigenvalue weighted by molar-refractivity contribution is -0.139. The maximum absolute atomic E-state index is 12.7. The Morgan fingerprint density at radius 1 is 1.53 bits per heavy atom. The Bertz CT molecular complexity index is 426. The smallest absolute Gasteiger partial charge is 0.311 e. The van der Waals surface area contributed by atoms with Gasteiger partial charge in [0.15, 0.2) is 0 Å². The number of carbonyl (C=O) groups is 1. The molecule has 7 heteroatoms. The molecule has 1 rings (SSSR count). The summed E-state index contributed by atoms with van der Waals surface area (Å²) in [5.74, 6) is -0.460. The Labute approximate surface area is 110 Å². The molecule has 0 saturated carbocycles. The van der Waals surface area contributed by atoms with Gasteiger partial charge in [-0.15, -0.1) is 0 Å². The monoisotopic (exact) mass is 357 g/mol. The Hall–Kier alpha value is -0.990. The molecule has 94 valence electrons. The van der Waals surface area contributed by atoms with E-state index in [4.69, 9.17) is 4.74 Å². The predicted molar refractivity (Wildman–Crippen MR) is 64.2 cm³/mol. The minimum absolute atomic E-state index is 0.0262. The number of hydrogen-bond donors (Lipinski definition) is 0. The molecule has 0 aromatic carbocycles. The third-order valence-electron chi connectivity index (χ3n) is 2.02. The highest BCUT2D eigenvalue weighted by atomic mass is 127. The van der Waals surface area contributed by atoms with Crippen molar-refractivity contribution in [3.05, 3.63) is 21.0 Å². The Morgan fingerprint density at radius 2 is 2.18 bits per heavy atom. The molecule has 1 aromatic heterocycles. The van der Waals surface area contributed by atoms with Gasteiger partial charge in [-0.2, -0.15) is 0 Å². The predicted octanol–water partition coefficient (Wildman–Crippen LogP) is 2.35. The molecular weight excluding hydrogens is 347 g/mol. The highest BCUT2D eigenvalue weighted by molar-refractivity contribution is 14.1. The molecule has 0 spiro atoms. The first kappa shape index (κ1) is 14.1. The Kier molecular flexibility index (Phi) is 5.03. The van der Waals surface area contributed by atoms with Gasteiger partial charge >= 0.3 is 5.97 Å². The molecule has 1 heterocycles. The molecule has 0 unspecified atom stereocenters. The van der Waals surface area contributed by atoms with Crippen molar-refractivity contribution >= 4 is 28.6 Å². The Morgan fingerprint density at radius 3 is 2.65 bits per heavy atom. The van der Waals surface area contributed by atoms with Crippen molar-refractivity contribution in [2.45, 2.75) is 12.8 Å². The molecule has 0 saturated heterocycles. The number of aromatic nitrogens is 1. The first-order valence-corrected chi connectivity index (χ1v) is 5.65. The summed E-state index contributed by atoms with van der Waals surface area (Å²) < 4.78 is 34.9. The minimum Gasteiger partial charge on any atom is -0.496 e. The second-order valence-electron chi connectivity index (χ2n) is 3.07. The quantitative estimate of drug-likeness (QED) is 0.472. The van der Waals surface area contributed by atoms with Crippen LogP contribution in [0.4, 0.5) is 8.78 Å². The van der Waals surface area contributed by atoms with E-state index in [0.717, 1.165) is 0 Å². The van der Waals surface area contributed by atoms with Gasteiger partial charge in [0.25, 0.3) is 6.43 Å². The van der Waals surface area contributed by atoms with Crippen molar-refractivity contribution in [2.24, 2.45) is 0 Å². The van der Waals surface area contributed by atoms with Crippen LogP contribution in [0, 0.1) is 3.70 Å². The molecule has 4 nitrogen and oxygen atoms in total. The summed E-state index contributed by atoms with van der Waals surface area (Å²) in [6, 6.07) is 1.32. The molecule has 0 aliphatic rings. The van der Waals surface area contributed by atoms with Crippen LogP contribution in [0.5, 0.6) is 5.75 Å². The SMILES string of the molecule is COC(=O)Cc1cc(OC)c(C(F)F)c(I)n1. The zero-order chi connectivity index (χ0) is 13.0. The number of rotatable bonds is 4. The molecule has 0 N–H and O–H groups in total. The molecule has 1 aromatic rings. The number of hydrogen-bond acceptors (Lipinski definition) is 4. The van der Waals surface area contributed by atoms with Crippen molar-refractivity contribution in [1.29, 1.82) is 0 Å². The van der Waals surface area contributed by atoms with Gasteiger partial charge in [0, 0.05) is 6.07 Å². The zero-order valence-electron chi connectivity index (χ0n) is 9.17. The van der Waals surface area contributed by atoms with Crippen LogP contribution in [0.25, 0.3) is 0 Å². The highest BCUT2D eigenvalue weighted by Gasteiger charge is 2.20. The van der Waals surface area contributed by atoms with E-state index in [2.05, 4.69) is 9.72 Å². The van der Waals surface area contributed by atoms with Gasteiger partial charge in [-0.3, -0.25) is 4.79 Å². The molecule has 0 atom stereocenters. The molecule has 17 heavy (non-hydrogen) atoms. The van der Waals surface area contributed by atoms with Gasteiger partial charge in [-0.05, 0) is 22.6 Å². The number of ether oxygens (including phenoxy) is 2. The summed E-state index contributed by atoms with van der Waals surface area (Å²) in [4.78, 5) is 15.0. The summed E-state index contributed by atoms with van der Waals surface area (Å²) in [6.07, 6.45) is -2.75. The van der Waals surface area contributed by atoms with Crippen molar-refractivity contribution in [1.82, 2.24) is 4.98 Å². The van der Waals surface area contributed by atoms with Gasteiger partial charge < -0.3 is 9.47 Å². The van der Waals surface area contributed by atoms with Gasteiger partial charge in [-0.1, -0.05) is 0 Å². The lowest BCUT2D eigenvalue weighted by atomic mass is 10.2. The van der Waals surface area contributed by atoms with Crippen LogP contribution in [0.1, 0.15) is 17.7 Å². The number of carbonyl (C=O) groups excluding carboxylic acids is 1. The van der Waals surface area contributed by atoms with Crippen molar-refractivity contribution < 1.29 is 23.0 Å². The van der Waals surface area contributed by atoms with Crippen LogP contribution in [0.15, 0.2) is 6.07 Å². The van der Waals surface area contributed by atoms with Crippen LogP contribution in [0.2, 0.25) is 0 Å². The highest BCUT2D eigenvalue weighted by Crippen LogP contribution is 2.32. The van der Waals surface area contributed by atoms with E-state index >= 15 is 0 Å². The number of pyridine rings is 1. The van der Waals surface area contributed by atoms with E-state index < -0.39 is 12.4 Å². The van der Waals surface area contributed by atoms with E-state index in [9.17, 15) is 13.6 Å². The number of nitrogens with zero attached hydrogens (tertiary/aromatic N) is 1. The summed E-state index contributed by atoms with van der Waals surface area (Å²) in [5.41, 5.74) is 0.0733. The third-order valence-corrected chi connectivity index (χ3v) is 2.84. The molecular formula is C10H10F2INO3. The number of alkyl halides is 2. The average Bonchev–Trinajstić information content (AvgIpc) is 2.27. The molecule has 0 bridgehead atoms. The van der Waals surface area contributed by atoms with Gasteiger partial charge in [0.1, 0.15) is 9.45 Å². The van der Waals surface area contributed by atoms with Crippen LogP contribution in [-0.4, -0.2) is 25.2 Å². The first-order valence-electron chi connectivity index (χ1n) is 4.57. The number of methoxy groups -OCH3 is 2. The first-order chi connectivity index (χ1) is 7.99. The normalized spacial score (nSPS) is 10.5.